The molecule has 8 heteroatoms. The molecule has 170 valence electrons. The Bertz CT molecular complexity index is 1150. The van der Waals surface area contributed by atoms with E-state index in [1.165, 1.54) is 4.31 Å². The standard InChI is InChI=1S/C24H29N3O4S/c1-15-12-16(2)22(17(3)13-15)32(30,31)27-11-5-8-21(27)24(29)26-20-7-4-6-19(14-20)25-23(28)18-9-10-18/h4,6-7,12-14,18,21H,5,8-11H2,1-3H3,(H,25,28)(H,26,29)/t21-/m1/s1. The molecule has 1 aliphatic heterocycles. The highest BCUT2D eigenvalue weighted by atomic mass is 32.2. The second kappa shape index (κ2) is 8.67. The van der Waals surface area contributed by atoms with Gasteiger partial charge in [0.15, 0.2) is 0 Å². The summed E-state index contributed by atoms with van der Waals surface area (Å²) in [5.41, 5.74) is 3.51. The SMILES string of the molecule is Cc1cc(C)c(S(=O)(=O)N2CCC[C@@H]2C(=O)Nc2cccc(NC(=O)C3CC3)c2)c(C)c1. The summed E-state index contributed by atoms with van der Waals surface area (Å²) in [5.74, 6) is -0.288. The molecule has 2 aromatic carbocycles. The van der Waals surface area contributed by atoms with E-state index in [0.717, 1.165) is 18.4 Å². The molecule has 1 aliphatic carbocycles. The van der Waals surface area contributed by atoms with Gasteiger partial charge in [-0.1, -0.05) is 23.8 Å². The van der Waals surface area contributed by atoms with Crippen molar-refractivity contribution in [2.45, 2.75) is 57.4 Å². The number of hydrogen-bond donors (Lipinski definition) is 2. The Kier molecular flexibility index (Phi) is 6.09. The third-order valence-electron chi connectivity index (χ3n) is 6.02. The number of nitrogens with one attached hydrogen (secondary N) is 2. The van der Waals surface area contributed by atoms with E-state index in [0.29, 0.717) is 41.9 Å². The van der Waals surface area contributed by atoms with Gasteiger partial charge in [0.05, 0.1) is 4.90 Å². The number of anilines is 2. The Morgan fingerprint density at radius 2 is 1.50 bits per heavy atom. The van der Waals surface area contributed by atoms with E-state index >= 15 is 0 Å². The number of sulfonamides is 1. The smallest absolute Gasteiger partial charge is 0.244 e. The fraction of sp³-hybridized carbons (Fsp3) is 0.417. The zero-order valence-corrected chi connectivity index (χ0v) is 19.5. The maximum absolute atomic E-state index is 13.5. The van der Waals surface area contributed by atoms with E-state index in [4.69, 9.17) is 0 Å². The van der Waals surface area contributed by atoms with Gasteiger partial charge in [-0.25, -0.2) is 8.42 Å². The number of rotatable bonds is 6. The van der Waals surface area contributed by atoms with E-state index in [1.54, 1.807) is 38.1 Å². The molecule has 2 fully saturated rings. The molecule has 2 aromatic rings. The Labute approximate surface area is 189 Å². The summed E-state index contributed by atoms with van der Waals surface area (Å²) in [5, 5.41) is 5.70. The highest BCUT2D eigenvalue weighted by molar-refractivity contribution is 7.89. The molecular formula is C24H29N3O4S. The van der Waals surface area contributed by atoms with Crippen LogP contribution in [-0.4, -0.2) is 37.1 Å². The van der Waals surface area contributed by atoms with E-state index in [1.807, 2.05) is 19.1 Å². The summed E-state index contributed by atoms with van der Waals surface area (Å²) >= 11 is 0. The summed E-state index contributed by atoms with van der Waals surface area (Å²) < 4.78 is 28.3. The second-order valence-electron chi connectivity index (χ2n) is 8.84. The molecule has 0 bridgehead atoms. The molecule has 2 N–H and O–H groups in total. The van der Waals surface area contributed by atoms with Crippen molar-refractivity contribution in [3.8, 4) is 0 Å². The van der Waals surface area contributed by atoms with Gasteiger partial charge >= 0.3 is 0 Å². The van der Waals surface area contributed by atoms with Gasteiger partial charge in [-0.15, -0.1) is 0 Å². The molecule has 2 aliphatic rings. The average Bonchev–Trinajstić information content (AvgIpc) is 3.43. The Morgan fingerprint density at radius 3 is 2.09 bits per heavy atom. The van der Waals surface area contributed by atoms with E-state index in [9.17, 15) is 18.0 Å². The van der Waals surface area contributed by atoms with Crippen molar-refractivity contribution < 1.29 is 18.0 Å². The van der Waals surface area contributed by atoms with Crippen LogP contribution in [0.25, 0.3) is 0 Å². The number of carbonyl (C=O) groups excluding carboxylic acids is 2. The van der Waals surface area contributed by atoms with Crippen LogP contribution in [0.5, 0.6) is 0 Å². The maximum atomic E-state index is 13.5. The van der Waals surface area contributed by atoms with Crippen LogP contribution < -0.4 is 10.6 Å². The molecule has 1 atom stereocenters. The topological polar surface area (TPSA) is 95.6 Å². The predicted octanol–water partition coefficient (Wildman–Crippen LogP) is 3.75. The molecule has 0 spiro atoms. The second-order valence-corrected chi connectivity index (χ2v) is 10.7. The number of nitrogens with zero attached hydrogens (tertiary/aromatic N) is 1. The van der Waals surface area contributed by atoms with Gasteiger partial charge in [-0.05, 0) is 75.8 Å². The van der Waals surface area contributed by atoms with Crippen LogP contribution in [0, 0.1) is 26.7 Å². The highest BCUT2D eigenvalue weighted by Crippen LogP contribution is 2.32. The third-order valence-corrected chi connectivity index (χ3v) is 8.24. The quantitative estimate of drug-likeness (QED) is 0.693. The normalized spacial score (nSPS) is 19.0. The van der Waals surface area contributed by atoms with E-state index < -0.39 is 16.1 Å². The third kappa shape index (κ3) is 4.56. The molecule has 1 saturated carbocycles. The maximum Gasteiger partial charge on any atom is 0.244 e. The summed E-state index contributed by atoms with van der Waals surface area (Å²) in [6.45, 7) is 5.83. The van der Waals surface area contributed by atoms with E-state index in [2.05, 4.69) is 10.6 Å². The molecule has 32 heavy (non-hydrogen) atoms. The summed E-state index contributed by atoms with van der Waals surface area (Å²) in [7, 11) is -3.81. The summed E-state index contributed by atoms with van der Waals surface area (Å²) in [6, 6.07) is 9.88. The Hall–Kier alpha value is -2.71. The van der Waals surface area contributed by atoms with Crippen molar-refractivity contribution in [3.63, 3.8) is 0 Å². The van der Waals surface area contributed by atoms with Gasteiger partial charge in [0.25, 0.3) is 0 Å². The molecule has 2 amide bonds. The van der Waals surface area contributed by atoms with Crippen molar-refractivity contribution >= 4 is 33.2 Å². The molecule has 4 rings (SSSR count). The Balaban J connectivity index is 1.52. The molecule has 1 heterocycles. The minimum absolute atomic E-state index is 0.00891. The molecule has 0 aromatic heterocycles. The first-order valence-corrected chi connectivity index (χ1v) is 12.4. The van der Waals surface area contributed by atoms with Gasteiger partial charge in [-0.2, -0.15) is 4.31 Å². The van der Waals surface area contributed by atoms with Crippen molar-refractivity contribution in [1.82, 2.24) is 4.31 Å². The molecular weight excluding hydrogens is 426 g/mol. The summed E-state index contributed by atoms with van der Waals surface area (Å²) in [4.78, 5) is 25.4. The number of aryl methyl sites for hydroxylation is 3. The number of amides is 2. The van der Waals surface area contributed by atoms with Crippen LogP contribution in [0.1, 0.15) is 42.4 Å². The minimum atomic E-state index is -3.81. The van der Waals surface area contributed by atoms with E-state index in [-0.39, 0.29) is 22.6 Å². The summed E-state index contributed by atoms with van der Waals surface area (Å²) in [6.07, 6.45) is 2.91. The van der Waals surface area contributed by atoms with Crippen molar-refractivity contribution in [2.24, 2.45) is 5.92 Å². The lowest BCUT2D eigenvalue weighted by molar-refractivity contribution is -0.119. The van der Waals surface area contributed by atoms with Gasteiger partial charge in [-0.3, -0.25) is 9.59 Å². The van der Waals surface area contributed by atoms with Crippen LogP contribution in [0.2, 0.25) is 0 Å². The molecule has 0 radical (unpaired) electrons. The number of benzene rings is 2. The van der Waals surface area contributed by atoms with Gasteiger partial charge in [0.2, 0.25) is 21.8 Å². The van der Waals surface area contributed by atoms with Crippen LogP contribution >= 0.6 is 0 Å². The van der Waals surface area contributed by atoms with Crippen LogP contribution in [-0.2, 0) is 19.6 Å². The zero-order chi connectivity index (χ0) is 23.0. The van der Waals surface area contributed by atoms with Crippen LogP contribution in [0.4, 0.5) is 11.4 Å². The first kappa shape index (κ1) is 22.5. The van der Waals surface area contributed by atoms with Crippen molar-refractivity contribution in [1.29, 1.82) is 0 Å². The number of hydrogen-bond acceptors (Lipinski definition) is 4. The highest BCUT2D eigenvalue weighted by Gasteiger charge is 2.40. The molecule has 0 unspecified atom stereocenters. The van der Waals surface area contributed by atoms with Crippen molar-refractivity contribution in [2.75, 3.05) is 17.2 Å². The van der Waals surface area contributed by atoms with Gasteiger partial charge in [0, 0.05) is 23.8 Å². The lowest BCUT2D eigenvalue weighted by Gasteiger charge is -2.25. The first-order chi connectivity index (χ1) is 15.2. The predicted molar refractivity (Wildman–Crippen MR) is 124 cm³/mol. The number of carbonyl (C=O) groups is 2. The first-order valence-electron chi connectivity index (χ1n) is 11.0. The molecule has 7 nitrogen and oxygen atoms in total. The lowest BCUT2D eigenvalue weighted by Crippen LogP contribution is -2.43. The molecule has 1 saturated heterocycles. The zero-order valence-electron chi connectivity index (χ0n) is 18.6. The van der Waals surface area contributed by atoms with Crippen LogP contribution in [0.3, 0.4) is 0 Å². The average molecular weight is 456 g/mol. The lowest BCUT2D eigenvalue weighted by atomic mass is 10.1. The largest absolute Gasteiger partial charge is 0.326 e. The van der Waals surface area contributed by atoms with Gasteiger partial charge < -0.3 is 10.6 Å². The van der Waals surface area contributed by atoms with Crippen LogP contribution in [0.15, 0.2) is 41.3 Å². The van der Waals surface area contributed by atoms with Crippen molar-refractivity contribution in [3.05, 3.63) is 53.1 Å². The minimum Gasteiger partial charge on any atom is -0.326 e. The van der Waals surface area contributed by atoms with Gasteiger partial charge in [0.1, 0.15) is 6.04 Å². The fourth-order valence-electron chi connectivity index (χ4n) is 4.47. The monoisotopic (exact) mass is 455 g/mol. The fourth-order valence-corrected chi connectivity index (χ4v) is 6.54. The Morgan fingerprint density at radius 1 is 0.906 bits per heavy atom.